The minimum absolute atomic E-state index is 0.631. The number of aromatic nitrogens is 11. The number of nitrogens with zero attached hydrogens (tertiary/aromatic N) is 11. The minimum atomic E-state index is 0.631. The summed E-state index contributed by atoms with van der Waals surface area (Å²) in [6, 6.07) is 180. The fourth-order valence-electron chi connectivity index (χ4n) is 21.3. The van der Waals surface area contributed by atoms with Gasteiger partial charge in [-0.3, -0.25) is 4.57 Å². The van der Waals surface area contributed by atoms with Gasteiger partial charge in [0.05, 0.1) is 72.2 Å². The predicted octanol–water partition coefficient (Wildman–Crippen LogP) is 34.3. The summed E-state index contributed by atoms with van der Waals surface area (Å²) in [5.41, 5.74) is 32.2. The van der Waals surface area contributed by atoms with Crippen molar-refractivity contribution in [3.63, 3.8) is 0 Å². The third-order valence-electron chi connectivity index (χ3n) is 28.0. The molecule has 674 valence electrons. The van der Waals surface area contributed by atoms with Gasteiger partial charge in [-0.05, 0) is 179 Å². The molecule has 0 saturated carbocycles. The summed E-state index contributed by atoms with van der Waals surface area (Å²) in [7, 11) is 0. The van der Waals surface area contributed by atoms with Gasteiger partial charge in [-0.25, -0.2) is 29.9 Å². The molecule has 0 saturated heterocycles. The van der Waals surface area contributed by atoms with Crippen molar-refractivity contribution in [3.05, 3.63) is 516 Å². The molecule has 0 fully saturated rings. The van der Waals surface area contributed by atoms with Crippen LogP contribution in [0.25, 0.3) is 259 Å². The summed E-state index contributed by atoms with van der Waals surface area (Å²) >= 11 is 1.82. The maximum Gasteiger partial charge on any atom is 0.235 e. The number of para-hydroxylation sites is 6. The van der Waals surface area contributed by atoms with Crippen molar-refractivity contribution in [1.29, 1.82) is 0 Å². The van der Waals surface area contributed by atoms with Crippen molar-refractivity contribution >= 4 is 141 Å². The van der Waals surface area contributed by atoms with Crippen LogP contribution in [0.5, 0.6) is 0 Å². The second-order valence-electron chi connectivity index (χ2n) is 36.4. The fraction of sp³-hybridized carbons (Fsp3) is 0. The van der Waals surface area contributed by atoms with Gasteiger partial charge >= 0.3 is 0 Å². The van der Waals surface area contributed by atoms with E-state index in [1.165, 1.54) is 135 Å². The first-order valence-corrected chi connectivity index (χ1v) is 49.4. The number of pyridine rings is 1. The van der Waals surface area contributed by atoms with Crippen LogP contribution in [0, 0.1) is 0 Å². The van der Waals surface area contributed by atoms with E-state index in [0.29, 0.717) is 23.4 Å². The molecule has 0 aliphatic rings. The highest BCUT2D eigenvalue weighted by Crippen LogP contribution is 2.46. The van der Waals surface area contributed by atoms with Gasteiger partial charge in [0.15, 0.2) is 17.5 Å². The van der Waals surface area contributed by atoms with Crippen molar-refractivity contribution in [1.82, 2.24) is 52.7 Å². The summed E-state index contributed by atoms with van der Waals surface area (Å²) in [6.07, 6.45) is 1.89. The lowest BCUT2D eigenvalue weighted by Gasteiger charge is -2.12. The number of rotatable bonds is 14. The molecular weight excluding hydrogens is 1770 g/mol. The number of thiophene rings is 1. The first-order valence-electron chi connectivity index (χ1n) is 48.6. The first kappa shape index (κ1) is 84.2. The van der Waals surface area contributed by atoms with Crippen LogP contribution in [0.1, 0.15) is 0 Å². The smallest absolute Gasteiger partial charge is 0.235 e. The highest BCUT2D eigenvalue weighted by atomic mass is 32.1. The highest BCUT2D eigenvalue weighted by molar-refractivity contribution is 7.26. The lowest BCUT2D eigenvalue weighted by Crippen LogP contribution is -2.02. The molecule has 0 atom stereocenters. The van der Waals surface area contributed by atoms with E-state index in [1.807, 2.05) is 90.3 Å². The number of fused-ring (bicyclic) bond motifs is 18. The molecule has 0 bridgehead atoms. The Balaban J connectivity index is 0.000000108. The Morgan fingerprint density at radius 3 is 1.00 bits per heavy atom. The van der Waals surface area contributed by atoms with Crippen LogP contribution in [0.15, 0.2) is 516 Å². The van der Waals surface area contributed by atoms with E-state index in [9.17, 15) is 0 Å². The molecule has 0 aliphatic carbocycles. The zero-order chi connectivity index (χ0) is 95.1. The van der Waals surface area contributed by atoms with E-state index in [-0.39, 0.29) is 0 Å². The molecule has 20 aromatic carbocycles. The molecular formula is C132H85N11S. The normalized spacial score (nSPS) is 11.6. The van der Waals surface area contributed by atoms with Crippen molar-refractivity contribution in [3.8, 4) is 130 Å². The Kier molecular flexibility index (Phi) is 20.9. The first-order chi connectivity index (χ1) is 71.4. The predicted molar refractivity (Wildman–Crippen MR) is 600 cm³/mol. The molecule has 144 heavy (non-hydrogen) atoms. The van der Waals surface area contributed by atoms with E-state index < -0.39 is 0 Å². The lowest BCUT2D eigenvalue weighted by atomic mass is 10.0. The van der Waals surface area contributed by atoms with Crippen LogP contribution >= 0.6 is 11.3 Å². The quantitative estimate of drug-likeness (QED) is 0.107. The zero-order valence-corrected chi connectivity index (χ0v) is 78.7. The third kappa shape index (κ3) is 14.9. The van der Waals surface area contributed by atoms with Crippen LogP contribution in [-0.4, -0.2) is 52.7 Å². The summed E-state index contributed by atoms with van der Waals surface area (Å²) in [4.78, 5) is 30.2. The molecule has 0 amide bonds. The van der Waals surface area contributed by atoms with Gasteiger partial charge in [0.2, 0.25) is 5.95 Å². The summed E-state index contributed by atoms with van der Waals surface area (Å²) in [5, 5.41) is 14.8. The SMILES string of the molecule is c1ccc(-c2ccc3c4ccc(-c5ccccc5)cc4n(-c4nccc(-c5cccc6c5sc5ccccc56)n4)c3c2)cc1.c1ccc(-c2cccc(-c3cccc(-n4c5ccccc5c5cc(-c6ccc7c(c6)c6ccccc6n7-c6ccccc6)ccc54)c3)n2)cc1.c1ccc(-c2nc(-c3ccccc3)nc(-c3cccc(-n4c5ccccc5c5cc6c7ccccc7n(-c7ccccc7)c6cc54)c3)n2)cc1. The van der Waals surface area contributed by atoms with E-state index in [4.69, 9.17) is 29.9 Å². The van der Waals surface area contributed by atoms with Crippen molar-refractivity contribution < 1.29 is 0 Å². The average Bonchev–Trinajstić information content (AvgIpc) is 1.55. The van der Waals surface area contributed by atoms with Crippen molar-refractivity contribution in [2.75, 3.05) is 0 Å². The van der Waals surface area contributed by atoms with Gasteiger partial charge in [0.1, 0.15) is 0 Å². The Morgan fingerprint density at radius 1 is 0.160 bits per heavy atom. The van der Waals surface area contributed by atoms with Crippen molar-refractivity contribution in [2.24, 2.45) is 0 Å². The standard InChI is InChI=1S/C47H31N3.C45H29N5.C40H25N3S/c1-3-13-32(14-4-1)42-21-12-22-43(48-42)35-15-11-18-37(29-35)50-45-24-10-8-20-39(45)41-31-34(26-28-47(41)50)33-25-27-46-40(30-33)38-19-7-9-23-44(38)49(46)36-16-5-2-6-17-36;1-4-15-30(16-5-1)43-46-44(31-17-6-2-7-18-31)48-45(47-43)32-19-14-22-34(27-32)50-40-26-13-11-24-36(40)38-28-37-35-23-10-12-25-39(35)49(41(37)29-42(38)50)33-20-8-3-9-21-33;1-3-10-26(11-4-1)28-18-20-30-31-21-19-29(27-12-5-2-6-13-27)25-37(31)43(36(30)24-28)40-41-23-22-35(42-40)34-16-9-15-33-32-14-7-8-17-38(32)44-39(33)34/h1-31H;1-29H;1-25H. The van der Waals surface area contributed by atoms with E-state index in [0.717, 1.165) is 101 Å². The molecule has 9 aromatic heterocycles. The maximum absolute atomic E-state index is 5.27. The number of benzene rings is 20. The third-order valence-corrected chi connectivity index (χ3v) is 29.2. The summed E-state index contributed by atoms with van der Waals surface area (Å²) < 4.78 is 14.3. The summed E-state index contributed by atoms with van der Waals surface area (Å²) in [6.45, 7) is 0. The monoisotopic (exact) mass is 1860 g/mol. The second-order valence-corrected chi connectivity index (χ2v) is 37.5. The molecule has 0 spiro atoms. The second kappa shape index (κ2) is 35.7. The van der Waals surface area contributed by atoms with Gasteiger partial charge in [0, 0.05) is 136 Å². The van der Waals surface area contributed by atoms with Crippen LogP contribution in [0.2, 0.25) is 0 Å². The Bertz CT molecular complexity index is 9870. The van der Waals surface area contributed by atoms with Crippen molar-refractivity contribution in [2.45, 2.75) is 0 Å². The van der Waals surface area contributed by atoms with E-state index in [1.54, 1.807) is 0 Å². The van der Waals surface area contributed by atoms with Gasteiger partial charge in [0.25, 0.3) is 0 Å². The van der Waals surface area contributed by atoms with Crippen LogP contribution in [0.4, 0.5) is 0 Å². The minimum Gasteiger partial charge on any atom is -0.309 e. The fourth-order valence-corrected chi connectivity index (χ4v) is 22.5. The van der Waals surface area contributed by atoms with Crippen LogP contribution < -0.4 is 0 Å². The molecule has 11 nitrogen and oxygen atoms in total. The van der Waals surface area contributed by atoms with Gasteiger partial charge in [-0.1, -0.05) is 364 Å². The zero-order valence-electron chi connectivity index (χ0n) is 77.9. The Hall–Kier alpha value is -19.1. The highest BCUT2D eigenvalue weighted by Gasteiger charge is 2.25. The molecule has 29 rings (SSSR count). The van der Waals surface area contributed by atoms with Gasteiger partial charge in [-0.15, -0.1) is 11.3 Å². The molecule has 9 heterocycles. The molecule has 0 N–H and O–H groups in total. The van der Waals surface area contributed by atoms with E-state index in [2.05, 4.69) is 460 Å². The Morgan fingerprint density at radius 2 is 0.493 bits per heavy atom. The number of hydrogen-bond acceptors (Lipinski definition) is 7. The molecule has 29 aromatic rings. The Labute approximate surface area is 833 Å². The molecule has 12 heteroatoms. The molecule has 0 aliphatic heterocycles. The van der Waals surface area contributed by atoms with Gasteiger partial charge in [-0.2, -0.15) is 0 Å². The largest absolute Gasteiger partial charge is 0.309 e. The number of hydrogen-bond donors (Lipinski definition) is 0. The van der Waals surface area contributed by atoms with Crippen LogP contribution in [0.3, 0.4) is 0 Å². The lowest BCUT2D eigenvalue weighted by molar-refractivity contribution is 0.993. The molecule has 0 unspecified atom stereocenters. The van der Waals surface area contributed by atoms with Crippen LogP contribution in [-0.2, 0) is 0 Å². The summed E-state index contributed by atoms with van der Waals surface area (Å²) in [5.74, 6) is 2.59. The average molecular weight is 1860 g/mol. The topological polar surface area (TPSA) is 102 Å². The molecule has 0 radical (unpaired) electrons. The van der Waals surface area contributed by atoms with Gasteiger partial charge < -0.3 is 18.3 Å². The van der Waals surface area contributed by atoms with E-state index >= 15 is 0 Å². The maximum atomic E-state index is 5.27.